The summed E-state index contributed by atoms with van der Waals surface area (Å²) < 4.78 is 33.4. The smallest absolute Gasteiger partial charge is 0.216 e. The SMILES string of the molecule is COc1cc(C)c([C@@H](C)NS(=O)(=O)Cc2ccccc2Cl)cc1C(C)C. The maximum atomic E-state index is 12.6. The lowest BCUT2D eigenvalue weighted by Gasteiger charge is -2.21. The van der Waals surface area contributed by atoms with Crippen molar-refractivity contribution in [2.24, 2.45) is 0 Å². The maximum absolute atomic E-state index is 12.6. The van der Waals surface area contributed by atoms with E-state index in [0.717, 1.165) is 22.4 Å². The molecule has 1 N–H and O–H groups in total. The molecule has 0 saturated heterocycles. The van der Waals surface area contributed by atoms with Crippen LogP contribution in [0.15, 0.2) is 36.4 Å². The number of methoxy groups -OCH3 is 1. The van der Waals surface area contributed by atoms with Crippen molar-refractivity contribution in [2.45, 2.75) is 45.4 Å². The van der Waals surface area contributed by atoms with Crippen LogP contribution in [-0.2, 0) is 15.8 Å². The Morgan fingerprint density at radius 2 is 1.77 bits per heavy atom. The minimum atomic E-state index is -3.54. The van der Waals surface area contributed by atoms with Gasteiger partial charge in [0, 0.05) is 11.1 Å². The fourth-order valence-corrected chi connectivity index (χ4v) is 4.70. The molecule has 0 aliphatic rings. The minimum absolute atomic E-state index is 0.150. The third-order valence-corrected chi connectivity index (χ3v) is 6.14. The van der Waals surface area contributed by atoms with Crippen molar-refractivity contribution in [1.29, 1.82) is 0 Å². The third-order valence-electron chi connectivity index (χ3n) is 4.37. The predicted octanol–water partition coefficient (Wildman–Crippen LogP) is 4.96. The van der Waals surface area contributed by atoms with E-state index in [1.54, 1.807) is 31.4 Å². The molecule has 2 aromatic rings. The Bertz CT molecular complexity index is 879. The predicted molar refractivity (Wildman–Crippen MR) is 107 cm³/mol. The van der Waals surface area contributed by atoms with E-state index in [2.05, 4.69) is 18.6 Å². The van der Waals surface area contributed by atoms with Gasteiger partial charge in [0.05, 0.1) is 12.9 Å². The fourth-order valence-electron chi connectivity index (χ4n) is 3.00. The molecule has 0 radical (unpaired) electrons. The summed E-state index contributed by atoms with van der Waals surface area (Å²) in [4.78, 5) is 0. The van der Waals surface area contributed by atoms with E-state index in [-0.39, 0.29) is 17.7 Å². The molecular weight excluding hydrogens is 370 g/mol. The maximum Gasteiger partial charge on any atom is 0.216 e. The van der Waals surface area contributed by atoms with E-state index in [1.165, 1.54) is 0 Å². The van der Waals surface area contributed by atoms with Crippen LogP contribution in [0.1, 0.15) is 55.0 Å². The van der Waals surface area contributed by atoms with Crippen molar-refractivity contribution in [3.63, 3.8) is 0 Å². The Kier molecular flexibility index (Phi) is 6.72. The van der Waals surface area contributed by atoms with E-state index >= 15 is 0 Å². The molecule has 26 heavy (non-hydrogen) atoms. The monoisotopic (exact) mass is 395 g/mol. The Morgan fingerprint density at radius 3 is 2.35 bits per heavy atom. The zero-order chi connectivity index (χ0) is 19.5. The summed E-state index contributed by atoms with van der Waals surface area (Å²) in [6, 6.07) is 10.6. The van der Waals surface area contributed by atoms with Crippen LogP contribution >= 0.6 is 11.6 Å². The van der Waals surface area contributed by atoms with Crippen LogP contribution < -0.4 is 9.46 Å². The van der Waals surface area contributed by atoms with Crippen LogP contribution in [0.25, 0.3) is 0 Å². The van der Waals surface area contributed by atoms with Crippen LogP contribution in [0.2, 0.25) is 5.02 Å². The Morgan fingerprint density at radius 1 is 1.12 bits per heavy atom. The number of ether oxygens (including phenoxy) is 1. The number of benzene rings is 2. The third kappa shape index (κ3) is 5.00. The molecule has 0 amide bonds. The standard InChI is InChI=1S/C20H26ClNO3S/c1-13(2)17-11-18(14(3)10-20(17)25-5)15(4)22-26(23,24)12-16-8-6-7-9-19(16)21/h6-11,13,15,22H,12H2,1-5H3/t15-/m1/s1. The molecule has 0 unspecified atom stereocenters. The van der Waals surface area contributed by atoms with Crippen molar-refractivity contribution in [1.82, 2.24) is 4.72 Å². The molecule has 0 aliphatic heterocycles. The summed E-state index contributed by atoms with van der Waals surface area (Å²) >= 11 is 6.09. The van der Waals surface area contributed by atoms with Gasteiger partial charge < -0.3 is 4.74 Å². The van der Waals surface area contributed by atoms with Gasteiger partial charge in [-0.2, -0.15) is 0 Å². The molecule has 1 atom stereocenters. The molecule has 0 aromatic heterocycles. The van der Waals surface area contributed by atoms with E-state index in [0.29, 0.717) is 10.6 Å². The number of rotatable bonds is 7. The van der Waals surface area contributed by atoms with E-state index < -0.39 is 10.0 Å². The van der Waals surface area contributed by atoms with Gasteiger partial charge >= 0.3 is 0 Å². The van der Waals surface area contributed by atoms with Gasteiger partial charge in [0.15, 0.2) is 0 Å². The highest BCUT2D eigenvalue weighted by atomic mass is 35.5. The van der Waals surface area contributed by atoms with Gasteiger partial charge in [0.25, 0.3) is 0 Å². The minimum Gasteiger partial charge on any atom is -0.496 e. The summed E-state index contributed by atoms with van der Waals surface area (Å²) in [6.07, 6.45) is 0. The molecule has 6 heteroatoms. The molecule has 2 rings (SSSR count). The number of nitrogens with one attached hydrogen (secondary N) is 1. The van der Waals surface area contributed by atoms with Crippen LogP contribution in [0.5, 0.6) is 5.75 Å². The molecule has 4 nitrogen and oxygen atoms in total. The lowest BCUT2D eigenvalue weighted by atomic mass is 9.94. The van der Waals surface area contributed by atoms with E-state index in [4.69, 9.17) is 16.3 Å². The molecule has 0 heterocycles. The quantitative estimate of drug-likeness (QED) is 0.720. The topological polar surface area (TPSA) is 55.4 Å². The molecule has 0 saturated carbocycles. The Balaban J connectivity index is 2.27. The summed E-state index contributed by atoms with van der Waals surface area (Å²) in [5.74, 6) is 0.951. The first-order chi connectivity index (χ1) is 12.1. The molecular formula is C20H26ClNO3S. The lowest BCUT2D eigenvalue weighted by Crippen LogP contribution is -2.28. The first-order valence-corrected chi connectivity index (χ1v) is 10.6. The lowest BCUT2D eigenvalue weighted by molar-refractivity contribution is 0.406. The van der Waals surface area contributed by atoms with Gasteiger partial charge in [-0.25, -0.2) is 13.1 Å². The van der Waals surface area contributed by atoms with E-state index in [1.807, 2.05) is 26.0 Å². The van der Waals surface area contributed by atoms with Crippen molar-refractivity contribution >= 4 is 21.6 Å². The van der Waals surface area contributed by atoms with Crippen molar-refractivity contribution in [2.75, 3.05) is 7.11 Å². The van der Waals surface area contributed by atoms with Crippen molar-refractivity contribution in [3.8, 4) is 5.75 Å². The van der Waals surface area contributed by atoms with Gasteiger partial charge in [-0.3, -0.25) is 0 Å². The van der Waals surface area contributed by atoms with Crippen molar-refractivity contribution in [3.05, 3.63) is 63.7 Å². The zero-order valence-corrected chi connectivity index (χ0v) is 17.4. The largest absolute Gasteiger partial charge is 0.496 e. The molecule has 2 aromatic carbocycles. The average Bonchev–Trinajstić information content (AvgIpc) is 2.55. The second kappa shape index (κ2) is 8.42. The normalized spacial score (nSPS) is 13.0. The molecule has 0 aliphatic carbocycles. The number of aryl methyl sites for hydroxylation is 1. The molecule has 0 spiro atoms. The number of hydrogen-bond acceptors (Lipinski definition) is 3. The number of hydrogen-bond donors (Lipinski definition) is 1. The number of sulfonamides is 1. The Hall–Kier alpha value is -1.56. The van der Waals surface area contributed by atoms with Gasteiger partial charge in [-0.15, -0.1) is 0 Å². The van der Waals surface area contributed by atoms with Gasteiger partial charge in [0.1, 0.15) is 5.75 Å². The highest BCUT2D eigenvalue weighted by Gasteiger charge is 2.21. The number of halogens is 1. The average molecular weight is 396 g/mol. The first-order valence-electron chi connectivity index (χ1n) is 8.56. The highest BCUT2D eigenvalue weighted by Crippen LogP contribution is 2.32. The van der Waals surface area contributed by atoms with Gasteiger partial charge in [0.2, 0.25) is 10.0 Å². The molecule has 0 bridgehead atoms. The second-order valence-electron chi connectivity index (χ2n) is 6.80. The zero-order valence-electron chi connectivity index (χ0n) is 15.8. The van der Waals surface area contributed by atoms with Crippen LogP contribution in [-0.4, -0.2) is 15.5 Å². The fraction of sp³-hybridized carbons (Fsp3) is 0.400. The summed E-state index contributed by atoms with van der Waals surface area (Å²) in [5, 5.41) is 0.452. The summed E-state index contributed by atoms with van der Waals surface area (Å²) in [5.41, 5.74) is 3.57. The van der Waals surface area contributed by atoms with Crippen LogP contribution in [0, 0.1) is 6.92 Å². The van der Waals surface area contributed by atoms with Crippen LogP contribution in [0.4, 0.5) is 0 Å². The van der Waals surface area contributed by atoms with Gasteiger partial charge in [-0.1, -0.05) is 43.6 Å². The summed E-state index contributed by atoms with van der Waals surface area (Å²) in [7, 11) is -1.89. The molecule has 0 fully saturated rings. The second-order valence-corrected chi connectivity index (χ2v) is 8.96. The van der Waals surface area contributed by atoms with Crippen LogP contribution in [0.3, 0.4) is 0 Å². The molecule has 142 valence electrons. The summed E-state index contributed by atoms with van der Waals surface area (Å²) in [6.45, 7) is 7.98. The van der Waals surface area contributed by atoms with E-state index in [9.17, 15) is 8.42 Å². The highest BCUT2D eigenvalue weighted by molar-refractivity contribution is 7.88. The Labute approximate surface area is 161 Å². The first kappa shape index (κ1) is 20.7. The van der Waals surface area contributed by atoms with Crippen molar-refractivity contribution < 1.29 is 13.2 Å². The van der Waals surface area contributed by atoms with Gasteiger partial charge in [-0.05, 0) is 60.2 Å².